The van der Waals surface area contributed by atoms with Crippen LogP contribution in [0.25, 0.3) is 10.9 Å². The fourth-order valence-corrected chi connectivity index (χ4v) is 5.30. The fourth-order valence-electron chi connectivity index (χ4n) is 5.04. The molecule has 2 aliphatic heterocycles. The van der Waals surface area contributed by atoms with Gasteiger partial charge in [0.15, 0.2) is 12.0 Å². The summed E-state index contributed by atoms with van der Waals surface area (Å²) >= 11 is 5.83. The topological polar surface area (TPSA) is 77.7 Å². The molecule has 1 fully saturated rings. The number of para-hydroxylation sites is 1. The fraction of sp³-hybridized carbons (Fsp3) is 0.393. The summed E-state index contributed by atoms with van der Waals surface area (Å²) in [4.78, 5) is 11.4. The highest BCUT2D eigenvalue weighted by molar-refractivity contribution is 6.31. The lowest BCUT2D eigenvalue weighted by Crippen LogP contribution is -2.52. The zero-order valence-corrected chi connectivity index (χ0v) is 23.9. The zero-order valence-electron chi connectivity index (χ0n) is 23.2. The average molecular weight is 593 g/mol. The van der Waals surface area contributed by atoms with Gasteiger partial charge in [-0.15, -0.1) is 0 Å². The second-order valence-corrected chi connectivity index (χ2v) is 10.5. The number of aromatic nitrogens is 1. The van der Waals surface area contributed by atoms with Crippen molar-refractivity contribution in [2.24, 2.45) is 12.0 Å². The Morgan fingerprint density at radius 2 is 1.78 bits per heavy atom. The highest BCUT2D eigenvalue weighted by Crippen LogP contribution is 2.41. The number of ether oxygens (including phenoxy) is 2. The number of hydrogen-bond donors (Lipinski definition) is 2. The maximum absolute atomic E-state index is 13.5. The van der Waals surface area contributed by atoms with Crippen LogP contribution in [0.3, 0.4) is 0 Å². The number of benzene rings is 2. The van der Waals surface area contributed by atoms with Crippen molar-refractivity contribution in [3.8, 4) is 11.5 Å². The Kier molecular flexibility index (Phi) is 8.00. The Balaban J connectivity index is 1.42. The lowest BCUT2D eigenvalue weighted by molar-refractivity contribution is -0.137. The van der Waals surface area contributed by atoms with Crippen molar-refractivity contribution in [2.45, 2.75) is 12.4 Å². The van der Waals surface area contributed by atoms with Crippen molar-refractivity contribution in [3.63, 3.8) is 0 Å². The van der Waals surface area contributed by atoms with E-state index in [1.807, 2.05) is 31.3 Å². The Morgan fingerprint density at radius 1 is 1.05 bits per heavy atom. The van der Waals surface area contributed by atoms with Crippen molar-refractivity contribution < 1.29 is 27.8 Å². The molecule has 2 aromatic carbocycles. The maximum Gasteiger partial charge on any atom is 0.417 e. The summed E-state index contributed by atoms with van der Waals surface area (Å²) in [5, 5.41) is 14.1. The van der Waals surface area contributed by atoms with Gasteiger partial charge in [-0.3, -0.25) is 0 Å². The number of hydrogen-bond acceptors (Lipinski definition) is 8. The van der Waals surface area contributed by atoms with Gasteiger partial charge in [0.25, 0.3) is 0 Å². The van der Waals surface area contributed by atoms with E-state index in [1.54, 1.807) is 17.7 Å². The minimum atomic E-state index is -4.67. The molecule has 0 saturated carbocycles. The number of guanidine groups is 1. The molecule has 5 rings (SSSR count). The van der Waals surface area contributed by atoms with Crippen LogP contribution in [0.15, 0.2) is 53.3 Å². The summed E-state index contributed by atoms with van der Waals surface area (Å²) in [6.07, 6.45) is -4.14. The third-order valence-electron chi connectivity index (χ3n) is 7.32. The normalized spacial score (nSPS) is 17.4. The van der Waals surface area contributed by atoms with Crippen molar-refractivity contribution in [1.82, 2.24) is 19.3 Å². The predicted octanol–water partition coefficient (Wildman–Crippen LogP) is 4.73. The molecule has 220 valence electrons. The van der Waals surface area contributed by atoms with Crippen LogP contribution >= 0.6 is 11.6 Å². The molecule has 0 bridgehead atoms. The molecule has 0 spiro atoms. The Hall–Kier alpha value is -3.61. The Labute approximate surface area is 241 Å². The summed E-state index contributed by atoms with van der Waals surface area (Å²) in [5.74, 6) is 1.92. The molecule has 3 aromatic rings. The van der Waals surface area contributed by atoms with Gasteiger partial charge in [0.2, 0.25) is 11.8 Å². The minimum absolute atomic E-state index is 0.0549. The average Bonchev–Trinajstić information content (AvgIpc) is 3.27. The number of rotatable bonds is 6. The first-order valence-electron chi connectivity index (χ1n) is 13.0. The van der Waals surface area contributed by atoms with Crippen LogP contribution < -0.4 is 14.8 Å². The van der Waals surface area contributed by atoms with Gasteiger partial charge in [0, 0.05) is 58.3 Å². The first-order chi connectivity index (χ1) is 19.5. The smallest absolute Gasteiger partial charge is 0.417 e. The second-order valence-electron chi connectivity index (χ2n) is 10.1. The van der Waals surface area contributed by atoms with Crippen LogP contribution in [-0.4, -0.2) is 84.3 Å². The molecule has 41 heavy (non-hydrogen) atoms. The largest absolute Gasteiger partial charge is 0.495 e. The molecule has 1 aromatic heterocycles. The number of nitrogens with zero attached hydrogens (tertiary/aromatic N) is 5. The first-order valence-corrected chi connectivity index (χ1v) is 13.4. The SMILES string of the molecule is COc1cc(Cl)c(C(F)(F)F)cc1NC(O)c1cc2cccc(OC3=CCN(C)C(N4CCN(C)CC4)=N3)c2n1C. The van der Waals surface area contributed by atoms with Crippen LogP contribution in [0.5, 0.6) is 11.5 Å². The molecular weight excluding hydrogens is 561 g/mol. The van der Waals surface area contributed by atoms with E-state index in [2.05, 4.69) is 27.1 Å². The van der Waals surface area contributed by atoms with Gasteiger partial charge in [-0.1, -0.05) is 23.7 Å². The number of anilines is 1. The van der Waals surface area contributed by atoms with Gasteiger partial charge in [0.1, 0.15) is 5.75 Å². The Bertz CT molecular complexity index is 1500. The molecule has 0 aliphatic carbocycles. The lowest BCUT2D eigenvalue weighted by Gasteiger charge is -2.38. The third-order valence-corrected chi connectivity index (χ3v) is 7.63. The number of likely N-dealkylation sites (N-methyl/N-ethyl adjacent to an activating group) is 2. The highest BCUT2D eigenvalue weighted by Gasteiger charge is 2.35. The molecule has 3 heterocycles. The number of aliphatic hydroxyl groups is 1. The van der Waals surface area contributed by atoms with Crippen molar-refractivity contribution in [1.29, 1.82) is 0 Å². The molecule has 0 radical (unpaired) electrons. The van der Waals surface area contributed by atoms with Crippen LogP contribution in [0.2, 0.25) is 5.02 Å². The number of nitrogens with one attached hydrogen (secondary N) is 1. The molecule has 1 saturated heterocycles. The zero-order chi connectivity index (χ0) is 29.5. The van der Waals surface area contributed by atoms with Gasteiger partial charge in [-0.25, -0.2) is 0 Å². The number of methoxy groups -OCH3 is 1. The summed E-state index contributed by atoms with van der Waals surface area (Å²) in [6.45, 7) is 4.29. The van der Waals surface area contributed by atoms with E-state index in [1.165, 1.54) is 7.11 Å². The van der Waals surface area contributed by atoms with Crippen molar-refractivity contribution in [3.05, 3.63) is 64.6 Å². The van der Waals surface area contributed by atoms with E-state index >= 15 is 0 Å². The number of fused-ring (bicyclic) bond motifs is 1. The third kappa shape index (κ3) is 5.90. The van der Waals surface area contributed by atoms with E-state index in [0.717, 1.165) is 49.7 Å². The summed E-state index contributed by atoms with van der Waals surface area (Å²) in [6, 6.07) is 9.15. The summed E-state index contributed by atoms with van der Waals surface area (Å²) < 4.78 is 53.7. The molecule has 1 unspecified atom stereocenters. The van der Waals surface area contributed by atoms with E-state index in [9.17, 15) is 18.3 Å². The summed E-state index contributed by atoms with van der Waals surface area (Å²) in [7, 11) is 7.16. The van der Waals surface area contributed by atoms with Crippen molar-refractivity contribution in [2.75, 3.05) is 59.2 Å². The molecule has 9 nitrogen and oxygen atoms in total. The van der Waals surface area contributed by atoms with Gasteiger partial charge < -0.3 is 39.2 Å². The van der Waals surface area contributed by atoms with Gasteiger partial charge in [0.05, 0.1) is 34.6 Å². The van der Waals surface area contributed by atoms with Crippen LogP contribution in [0.4, 0.5) is 18.9 Å². The first kappa shape index (κ1) is 28.9. The van der Waals surface area contributed by atoms with E-state index < -0.39 is 23.0 Å². The number of aliphatic hydroxyl groups excluding tert-OH is 1. The van der Waals surface area contributed by atoms with Gasteiger partial charge >= 0.3 is 6.18 Å². The number of aryl methyl sites for hydroxylation is 1. The predicted molar refractivity (Wildman–Crippen MR) is 152 cm³/mol. The van der Waals surface area contributed by atoms with Gasteiger partial charge in [-0.05, 0) is 31.3 Å². The van der Waals surface area contributed by atoms with Crippen LogP contribution in [0, 0.1) is 0 Å². The standard InChI is InChI=1S/C28H32ClF3N6O3/c1-35-10-12-38(13-11-35)27-34-24(8-9-36(27)2)41-22-7-5-6-17-14-21(37(3)25(17)22)26(39)33-20-15-18(28(30,31)32)19(29)16-23(20)40-4/h5-8,14-16,26,33,39H,9-13H2,1-4H3. The molecule has 2 N–H and O–H groups in total. The number of alkyl halides is 3. The van der Waals surface area contributed by atoms with E-state index in [-0.39, 0.29) is 11.4 Å². The molecule has 13 heteroatoms. The molecule has 1 atom stereocenters. The van der Waals surface area contributed by atoms with Crippen LogP contribution in [0.1, 0.15) is 17.5 Å². The molecule has 2 aliphatic rings. The highest BCUT2D eigenvalue weighted by atomic mass is 35.5. The summed E-state index contributed by atoms with van der Waals surface area (Å²) in [5.41, 5.74) is 0.00479. The second kappa shape index (κ2) is 11.3. The number of halogens is 4. The van der Waals surface area contributed by atoms with E-state index in [0.29, 0.717) is 29.4 Å². The monoisotopic (exact) mass is 592 g/mol. The number of piperazine rings is 1. The lowest BCUT2D eigenvalue weighted by atomic mass is 10.1. The van der Waals surface area contributed by atoms with Crippen molar-refractivity contribution >= 4 is 34.2 Å². The Morgan fingerprint density at radius 3 is 2.46 bits per heavy atom. The quantitative estimate of drug-likeness (QED) is 0.401. The minimum Gasteiger partial charge on any atom is -0.495 e. The van der Waals surface area contributed by atoms with E-state index in [4.69, 9.17) is 26.1 Å². The molecular formula is C28H32ClF3N6O3. The van der Waals surface area contributed by atoms with Gasteiger partial charge in [-0.2, -0.15) is 18.2 Å². The molecule has 0 amide bonds. The van der Waals surface area contributed by atoms with Crippen LogP contribution in [-0.2, 0) is 13.2 Å². The number of aliphatic imine (C=N–C) groups is 1. The maximum atomic E-state index is 13.5.